The van der Waals surface area contributed by atoms with Gasteiger partial charge in [-0.1, -0.05) is 19.4 Å². The minimum atomic E-state index is -9.79. The number of nitrogens with zero attached hydrogens (tertiary/aromatic N) is 4. The maximum Gasteiger partial charge on any atom is 0.310 e. The zero-order valence-corrected chi connectivity index (χ0v) is 18.8. The van der Waals surface area contributed by atoms with Crippen LogP contribution in [0.4, 0.5) is 30.9 Å². The first kappa shape index (κ1) is 21.8. The molecule has 0 unspecified atom stereocenters. The Hall–Kier alpha value is -2.42. The summed E-state index contributed by atoms with van der Waals surface area (Å²) in [5, 5.41) is 4.30. The van der Waals surface area contributed by atoms with E-state index in [9.17, 15) is 24.2 Å². The number of hydrogen-bond donors (Lipinski definition) is 1. The van der Waals surface area contributed by atoms with E-state index in [0.717, 1.165) is 12.1 Å². The van der Waals surface area contributed by atoms with Gasteiger partial charge in [-0.3, -0.25) is 9.48 Å². The lowest BCUT2D eigenvalue weighted by molar-refractivity contribution is 0.0954. The summed E-state index contributed by atoms with van der Waals surface area (Å²) in [4.78, 5) is 16.6. The fraction of sp³-hybridized carbons (Fsp3) is 0.167. The van der Waals surface area contributed by atoms with Crippen molar-refractivity contribution in [1.82, 2.24) is 14.8 Å². The molecule has 1 aliphatic rings. The number of carbonyl (C=O) groups excluding carboxylic acids is 1. The van der Waals surface area contributed by atoms with Crippen LogP contribution in [0.15, 0.2) is 53.7 Å². The van der Waals surface area contributed by atoms with Crippen molar-refractivity contribution in [2.24, 2.45) is 0 Å². The van der Waals surface area contributed by atoms with Gasteiger partial charge in [-0.2, -0.15) is 5.10 Å². The Morgan fingerprint density at radius 3 is 2.42 bits per heavy atom. The molecule has 1 aliphatic heterocycles. The molecular formula is C18H15F5IN5OS. The third-order valence-electron chi connectivity index (χ3n) is 4.87. The van der Waals surface area contributed by atoms with Crippen LogP contribution in [0.2, 0.25) is 0 Å². The summed E-state index contributed by atoms with van der Waals surface area (Å²) in [5.74, 6) is 0.0734. The molecule has 0 fully saturated rings. The van der Waals surface area contributed by atoms with Crippen molar-refractivity contribution in [3.8, 4) is 11.1 Å². The largest absolute Gasteiger partial charge is 0.313 e. The molecule has 0 saturated carbocycles. The van der Waals surface area contributed by atoms with Gasteiger partial charge in [-0.15, -0.1) is 0 Å². The van der Waals surface area contributed by atoms with Crippen molar-refractivity contribution in [2.75, 3.05) is 15.0 Å². The van der Waals surface area contributed by atoms with Crippen molar-refractivity contribution in [1.29, 1.82) is 0 Å². The van der Waals surface area contributed by atoms with Gasteiger partial charge < -0.3 is 8.43 Å². The maximum absolute atomic E-state index is 13.2. The predicted molar refractivity (Wildman–Crippen MR) is 117 cm³/mol. The molecular weight excluding hydrogens is 556 g/mol. The SMILES string of the molecule is C[C@H]1CN(c2ccc(S(F)(F)(F)(F)F)cc2)C(=O)c2c(-c3ccnc(NI)c3)cnn21. The second kappa shape index (κ2) is 6.54. The Morgan fingerprint density at radius 1 is 1.13 bits per heavy atom. The zero-order valence-electron chi connectivity index (χ0n) is 15.8. The number of halogens is 6. The molecule has 0 saturated heterocycles. The predicted octanol–water partition coefficient (Wildman–Crippen LogP) is 6.59. The molecule has 3 heterocycles. The molecule has 166 valence electrons. The first-order valence-electron chi connectivity index (χ1n) is 8.85. The normalized spacial score (nSPS) is 18.9. The van der Waals surface area contributed by atoms with Crippen LogP contribution in [-0.4, -0.2) is 27.2 Å². The van der Waals surface area contributed by atoms with E-state index in [0.29, 0.717) is 29.1 Å². The van der Waals surface area contributed by atoms with Crippen LogP contribution >= 0.6 is 33.1 Å². The molecule has 31 heavy (non-hydrogen) atoms. The highest BCUT2D eigenvalue weighted by Crippen LogP contribution is 3.02. The summed E-state index contributed by atoms with van der Waals surface area (Å²) in [5.41, 5.74) is 1.54. The lowest BCUT2D eigenvalue weighted by atomic mass is 10.0. The van der Waals surface area contributed by atoms with E-state index in [1.807, 2.05) is 22.9 Å². The van der Waals surface area contributed by atoms with Crippen molar-refractivity contribution >= 4 is 50.5 Å². The Bertz CT molecular complexity index is 1180. The molecule has 0 aliphatic carbocycles. The van der Waals surface area contributed by atoms with E-state index in [4.69, 9.17) is 0 Å². The van der Waals surface area contributed by atoms with Gasteiger partial charge in [-0.25, -0.2) is 4.98 Å². The molecule has 3 aromatic rings. The van der Waals surface area contributed by atoms with Gasteiger partial charge in [0.15, 0.2) is 0 Å². The Kier molecular flexibility index (Phi) is 4.60. The maximum atomic E-state index is 13.2. The Balaban J connectivity index is 1.75. The lowest BCUT2D eigenvalue weighted by Crippen LogP contribution is -2.42. The van der Waals surface area contributed by atoms with Crippen LogP contribution in [0.1, 0.15) is 23.5 Å². The van der Waals surface area contributed by atoms with Gasteiger partial charge in [-0.05, 0) is 48.9 Å². The monoisotopic (exact) mass is 571 g/mol. The average Bonchev–Trinajstić information content (AvgIpc) is 3.15. The highest BCUT2D eigenvalue weighted by atomic mass is 127. The number of carbonyl (C=O) groups is 1. The molecule has 1 aromatic carbocycles. The second-order valence-corrected chi connectivity index (χ2v) is 10.1. The number of benzene rings is 1. The molecule has 6 nitrogen and oxygen atoms in total. The van der Waals surface area contributed by atoms with Crippen LogP contribution < -0.4 is 8.43 Å². The standard InChI is InChI=1S/C18H15F5IN5OS/c1-11-10-28(13-2-4-14(5-3-13)31(19,20,21,22)23)18(30)17-15(9-26-29(11)17)12-6-7-25-16(8-12)27-24/h2-9,11H,10H2,1H3,(H,25,27)/t11-/m0/s1. The van der Waals surface area contributed by atoms with Crippen LogP contribution in [-0.2, 0) is 0 Å². The number of amides is 1. The van der Waals surface area contributed by atoms with E-state index in [1.165, 1.54) is 11.1 Å². The van der Waals surface area contributed by atoms with Crippen molar-refractivity contribution in [3.63, 3.8) is 0 Å². The molecule has 1 N–H and O–H groups in total. The smallest absolute Gasteiger partial charge is 0.310 e. The van der Waals surface area contributed by atoms with Crippen LogP contribution in [0.5, 0.6) is 0 Å². The number of hydrogen-bond acceptors (Lipinski definition) is 4. The average molecular weight is 571 g/mol. The molecule has 4 rings (SSSR count). The van der Waals surface area contributed by atoms with Gasteiger partial charge in [0.25, 0.3) is 5.91 Å². The fourth-order valence-corrected chi connectivity index (χ4v) is 4.37. The number of pyridine rings is 1. The van der Waals surface area contributed by atoms with E-state index < -0.39 is 21.0 Å². The highest BCUT2D eigenvalue weighted by molar-refractivity contribution is 14.1. The van der Waals surface area contributed by atoms with Crippen LogP contribution in [0.3, 0.4) is 0 Å². The molecule has 0 bridgehead atoms. The Morgan fingerprint density at radius 2 is 1.81 bits per heavy atom. The van der Waals surface area contributed by atoms with Crippen molar-refractivity contribution < 1.29 is 24.2 Å². The zero-order chi connectivity index (χ0) is 22.7. The summed E-state index contributed by atoms with van der Waals surface area (Å²) in [7, 11) is -9.79. The number of aromatic nitrogens is 3. The minimum Gasteiger partial charge on any atom is -0.313 e. The summed E-state index contributed by atoms with van der Waals surface area (Å²) in [6, 6.07) is 5.52. The van der Waals surface area contributed by atoms with Crippen molar-refractivity contribution in [3.05, 3.63) is 54.5 Å². The molecule has 1 atom stereocenters. The number of rotatable bonds is 4. The third-order valence-corrected chi connectivity index (χ3v) is 6.58. The molecule has 0 radical (unpaired) electrons. The number of fused-ring (bicyclic) bond motifs is 1. The lowest BCUT2D eigenvalue weighted by Gasteiger charge is -2.40. The first-order valence-corrected chi connectivity index (χ1v) is 11.9. The van der Waals surface area contributed by atoms with Crippen LogP contribution in [0.25, 0.3) is 11.1 Å². The summed E-state index contributed by atoms with van der Waals surface area (Å²) < 4.78 is 69.5. The third kappa shape index (κ3) is 4.07. The molecule has 13 heteroatoms. The fourth-order valence-electron chi connectivity index (χ4n) is 3.43. The first-order chi connectivity index (χ1) is 14.3. The highest BCUT2D eigenvalue weighted by Gasteiger charge is 2.65. The summed E-state index contributed by atoms with van der Waals surface area (Å²) >= 11 is 1.92. The molecule has 2 aromatic heterocycles. The van der Waals surface area contributed by atoms with Crippen LogP contribution in [0, 0.1) is 0 Å². The summed E-state index contributed by atoms with van der Waals surface area (Å²) in [6.07, 6.45) is 3.10. The topological polar surface area (TPSA) is 63.1 Å². The van der Waals surface area contributed by atoms with Gasteiger partial charge >= 0.3 is 10.2 Å². The molecule has 0 spiro atoms. The summed E-state index contributed by atoms with van der Waals surface area (Å²) in [6.45, 7) is 1.92. The van der Waals surface area contributed by atoms with E-state index in [2.05, 4.69) is 13.6 Å². The molecule has 1 amide bonds. The van der Waals surface area contributed by atoms with E-state index in [-0.39, 0.29) is 24.0 Å². The van der Waals surface area contributed by atoms with Crippen molar-refractivity contribution in [2.45, 2.75) is 17.9 Å². The van der Waals surface area contributed by atoms with E-state index >= 15 is 0 Å². The van der Waals surface area contributed by atoms with Gasteiger partial charge in [0.05, 0.1) is 35.1 Å². The quantitative estimate of drug-likeness (QED) is 0.218. The van der Waals surface area contributed by atoms with Gasteiger partial charge in [0.2, 0.25) is 0 Å². The minimum absolute atomic E-state index is 0.0881. The Labute approximate surface area is 187 Å². The van der Waals surface area contributed by atoms with E-state index in [1.54, 1.807) is 29.9 Å². The number of anilines is 2. The second-order valence-electron chi connectivity index (χ2n) is 7.10. The number of nitrogens with one attached hydrogen (secondary N) is 1. The van der Waals surface area contributed by atoms with Gasteiger partial charge in [0, 0.05) is 24.0 Å². The van der Waals surface area contributed by atoms with Gasteiger partial charge in [0.1, 0.15) is 16.4 Å².